The van der Waals surface area contributed by atoms with Crippen molar-refractivity contribution >= 4 is 22.8 Å². The number of amides is 2. The van der Waals surface area contributed by atoms with Crippen molar-refractivity contribution in [2.75, 3.05) is 45.9 Å². The average Bonchev–Trinajstić information content (AvgIpc) is 2.79. The molecule has 31 heavy (non-hydrogen) atoms. The molecule has 0 bridgehead atoms. The lowest BCUT2D eigenvalue weighted by atomic mass is 10.0. The predicted molar refractivity (Wildman–Crippen MR) is 114 cm³/mol. The zero-order valence-corrected chi connectivity index (χ0v) is 18.1. The molecule has 0 atom stereocenters. The van der Waals surface area contributed by atoms with Crippen LogP contribution in [-0.4, -0.2) is 76.8 Å². The van der Waals surface area contributed by atoms with E-state index < -0.39 is 17.2 Å². The quantitative estimate of drug-likeness (QED) is 0.538. The van der Waals surface area contributed by atoms with E-state index in [1.165, 1.54) is 24.9 Å². The zero-order valence-electron chi connectivity index (χ0n) is 18.1. The third-order valence-corrected chi connectivity index (χ3v) is 5.44. The highest BCUT2D eigenvalue weighted by atomic mass is 16.5. The molecule has 168 valence electrons. The first-order valence-electron chi connectivity index (χ1n) is 10.3. The highest BCUT2D eigenvalue weighted by Gasteiger charge is 2.20. The standard InChI is InChI=1S/C20H28N6O5/c1-4-13-14(11-22-17-16(13)19(29)25(3)20(30)24(17)2)18(28)23-12-15(27)21-5-6-26-7-9-31-10-8-26/h11H,4-10,12H2,1-3H3,(H,21,27)(H,23,28). The van der Waals surface area contributed by atoms with Crippen LogP contribution in [0.15, 0.2) is 15.8 Å². The molecule has 1 fully saturated rings. The van der Waals surface area contributed by atoms with E-state index in [0.717, 1.165) is 24.2 Å². The minimum absolute atomic E-state index is 0.186. The first kappa shape index (κ1) is 22.6. The molecule has 0 unspecified atom stereocenters. The number of nitrogens with zero attached hydrogens (tertiary/aromatic N) is 4. The average molecular weight is 432 g/mol. The summed E-state index contributed by atoms with van der Waals surface area (Å²) in [5.74, 6) is -0.794. The van der Waals surface area contributed by atoms with E-state index >= 15 is 0 Å². The molecule has 2 amide bonds. The monoisotopic (exact) mass is 432 g/mol. The summed E-state index contributed by atoms with van der Waals surface area (Å²) in [7, 11) is 2.91. The van der Waals surface area contributed by atoms with E-state index in [0.29, 0.717) is 31.7 Å². The Bertz CT molecular complexity index is 1100. The molecule has 0 aromatic carbocycles. The third-order valence-electron chi connectivity index (χ3n) is 5.44. The summed E-state index contributed by atoms with van der Waals surface area (Å²) < 4.78 is 7.56. The van der Waals surface area contributed by atoms with Crippen LogP contribution in [0.2, 0.25) is 0 Å². The topological polar surface area (TPSA) is 128 Å². The van der Waals surface area contributed by atoms with Crippen molar-refractivity contribution < 1.29 is 14.3 Å². The second-order valence-electron chi connectivity index (χ2n) is 7.39. The molecule has 11 nitrogen and oxygen atoms in total. The van der Waals surface area contributed by atoms with Gasteiger partial charge in [-0.2, -0.15) is 0 Å². The molecule has 2 aromatic heterocycles. The Balaban J connectivity index is 1.68. The van der Waals surface area contributed by atoms with Gasteiger partial charge in [0.15, 0.2) is 0 Å². The molecule has 0 saturated carbocycles. The summed E-state index contributed by atoms with van der Waals surface area (Å²) in [5, 5.41) is 5.60. The minimum Gasteiger partial charge on any atom is -0.379 e. The van der Waals surface area contributed by atoms with Gasteiger partial charge in [0.1, 0.15) is 5.65 Å². The lowest BCUT2D eigenvalue weighted by Gasteiger charge is -2.26. The Morgan fingerprint density at radius 1 is 1.13 bits per heavy atom. The molecule has 0 aliphatic carbocycles. The Hall–Kier alpha value is -3.05. The molecule has 11 heteroatoms. The van der Waals surface area contributed by atoms with Crippen LogP contribution in [0.1, 0.15) is 22.8 Å². The fourth-order valence-electron chi connectivity index (χ4n) is 3.65. The number of carbonyl (C=O) groups is 2. The maximum absolute atomic E-state index is 12.7. The summed E-state index contributed by atoms with van der Waals surface area (Å²) in [4.78, 5) is 56.0. The van der Waals surface area contributed by atoms with Gasteiger partial charge in [-0.15, -0.1) is 0 Å². The first-order valence-corrected chi connectivity index (χ1v) is 10.3. The van der Waals surface area contributed by atoms with Gasteiger partial charge in [0.2, 0.25) is 5.91 Å². The van der Waals surface area contributed by atoms with Crippen molar-refractivity contribution in [3.63, 3.8) is 0 Å². The molecule has 1 aliphatic rings. The molecular formula is C20H28N6O5. The van der Waals surface area contributed by atoms with Crippen LogP contribution in [0.3, 0.4) is 0 Å². The van der Waals surface area contributed by atoms with Crippen molar-refractivity contribution in [2.24, 2.45) is 14.1 Å². The summed E-state index contributed by atoms with van der Waals surface area (Å²) in [6, 6.07) is 0. The molecule has 1 aliphatic heterocycles. The highest BCUT2D eigenvalue weighted by Crippen LogP contribution is 2.17. The van der Waals surface area contributed by atoms with Crippen molar-refractivity contribution in [2.45, 2.75) is 13.3 Å². The van der Waals surface area contributed by atoms with Gasteiger partial charge < -0.3 is 15.4 Å². The van der Waals surface area contributed by atoms with Crippen LogP contribution in [-0.2, 0) is 30.0 Å². The van der Waals surface area contributed by atoms with Crippen LogP contribution in [0.25, 0.3) is 11.0 Å². The minimum atomic E-state index is -0.502. The number of pyridine rings is 1. The lowest BCUT2D eigenvalue weighted by Crippen LogP contribution is -2.43. The summed E-state index contributed by atoms with van der Waals surface area (Å²) in [6.07, 6.45) is 1.73. The molecule has 1 saturated heterocycles. The number of fused-ring (bicyclic) bond motifs is 1. The zero-order chi connectivity index (χ0) is 22.5. The first-order chi connectivity index (χ1) is 14.8. The van der Waals surface area contributed by atoms with E-state index in [9.17, 15) is 19.2 Å². The molecule has 2 N–H and O–H groups in total. The lowest BCUT2D eigenvalue weighted by molar-refractivity contribution is -0.120. The normalized spacial score (nSPS) is 14.5. The van der Waals surface area contributed by atoms with Gasteiger partial charge in [-0.25, -0.2) is 9.78 Å². The van der Waals surface area contributed by atoms with Gasteiger partial charge in [0.05, 0.1) is 30.7 Å². The van der Waals surface area contributed by atoms with Gasteiger partial charge in [-0.3, -0.25) is 28.4 Å². The second kappa shape index (κ2) is 9.84. The largest absolute Gasteiger partial charge is 0.379 e. The van der Waals surface area contributed by atoms with Gasteiger partial charge in [0, 0.05) is 46.5 Å². The number of ether oxygens (including phenoxy) is 1. The number of hydrogen-bond donors (Lipinski definition) is 2. The second-order valence-corrected chi connectivity index (χ2v) is 7.39. The SMILES string of the molecule is CCc1c(C(=O)NCC(=O)NCCN2CCOCC2)cnc2c1c(=O)n(C)c(=O)n2C. The Morgan fingerprint density at radius 2 is 1.84 bits per heavy atom. The van der Waals surface area contributed by atoms with Crippen LogP contribution in [0.4, 0.5) is 0 Å². The van der Waals surface area contributed by atoms with Crippen LogP contribution >= 0.6 is 0 Å². The molecular weight excluding hydrogens is 404 g/mol. The number of rotatable bonds is 7. The van der Waals surface area contributed by atoms with Gasteiger partial charge >= 0.3 is 5.69 Å². The van der Waals surface area contributed by atoms with E-state index in [4.69, 9.17) is 4.74 Å². The van der Waals surface area contributed by atoms with Crippen molar-refractivity contribution in [3.05, 3.63) is 38.2 Å². The smallest absolute Gasteiger partial charge is 0.332 e. The number of carbonyl (C=O) groups excluding carboxylic acids is 2. The third kappa shape index (κ3) is 4.83. The molecule has 0 spiro atoms. The maximum atomic E-state index is 12.7. The van der Waals surface area contributed by atoms with Crippen LogP contribution in [0, 0.1) is 0 Å². The summed E-state index contributed by atoms with van der Waals surface area (Å²) >= 11 is 0. The number of morpholine rings is 1. The maximum Gasteiger partial charge on any atom is 0.332 e. The van der Waals surface area contributed by atoms with Gasteiger partial charge in [0.25, 0.3) is 11.5 Å². The van der Waals surface area contributed by atoms with Crippen molar-refractivity contribution in [1.29, 1.82) is 0 Å². The number of aryl methyl sites for hydroxylation is 2. The van der Waals surface area contributed by atoms with Crippen LogP contribution < -0.4 is 21.9 Å². The highest BCUT2D eigenvalue weighted by molar-refractivity contribution is 6.00. The molecule has 3 rings (SSSR count). The fraction of sp³-hybridized carbons (Fsp3) is 0.550. The summed E-state index contributed by atoms with van der Waals surface area (Å²) in [5.41, 5.74) is -0.0587. The molecule has 2 aromatic rings. The number of aromatic nitrogens is 3. The van der Waals surface area contributed by atoms with Crippen molar-refractivity contribution in [1.82, 2.24) is 29.7 Å². The van der Waals surface area contributed by atoms with Crippen molar-refractivity contribution in [3.8, 4) is 0 Å². The van der Waals surface area contributed by atoms with E-state index in [1.54, 1.807) is 0 Å². The Kier molecular flexibility index (Phi) is 7.18. The van der Waals surface area contributed by atoms with E-state index in [1.807, 2.05) is 6.92 Å². The molecule has 3 heterocycles. The summed E-state index contributed by atoms with van der Waals surface area (Å²) in [6.45, 7) is 5.90. The van der Waals surface area contributed by atoms with Gasteiger partial charge in [-0.1, -0.05) is 6.92 Å². The molecule has 0 radical (unpaired) electrons. The van der Waals surface area contributed by atoms with Gasteiger partial charge in [-0.05, 0) is 12.0 Å². The Morgan fingerprint density at radius 3 is 2.52 bits per heavy atom. The fourth-order valence-corrected chi connectivity index (χ4v) is 3.65. The van der Waals surface area contributed by atoms with Crippen LogP contribution in [0.5, 0.6) is 0 Å². The number of nitrogens with one attached hydrogen (secondary N) is 2. The Labute approximate surface area is 179 Å². The van der Waals surface area contributed by atoms with E-state index in [-0.39, 0.29) is 29.0 Å². The number of hydrogen-bond acceptors (Lipinski definition) is 7. The van der Waals surface area contributed by atoms with E-state index in [2.05, 4.69) is 20.5 Å². The predicted octanol–water partition coefficient (Wildman–Crippen LogP) is -1.63.